The molecule has 3 aromatic carbocycles. The zero-order valence-electron chi connectivity index (χ0n) is 23.1. The van der Waals surface area contributed by atoms with Crippen LogP contribution in [0.3, 0.4) is 0 Å². The van der Waals surface area contributed by atoms with Crippen molar-refractivity contribution in [3.63, 3.8) is 0 Å². The molecule has 1 atom stereocenters. The molecule has 0 radical (unpaired) electrons. The number of benzene rings is 3. The Morgan fingerprint density at radius 2 is 1.70 bits per heavy atom. The highest BCUT2D eigenvalue weighted by molar-refractivity contribution is 7.92. The Balaban J connectivity index is 1.40. The van der Waals surface area contributed by atoms with Crippen LogP contribution in [0.1, 0.15) is 53.7 Å². The minimum absolute atomic E-state index is 0.0154. The van der Waals surface area contributed by atoms with Gasteiger partial charge in [-0.1, -0.05) is 37.3 Å². The third-order valence-electron chi connectivity index (χ3n) is 7.29. The number of aromatic hydroxyl groups is 1. The van der Waals surface area contributed by atoms with E-state index >= 15 is 0 Å². The van der Waals surface area contributed by atoms with Gasteiger partial charge in [-0.15, -0.1) is 0 Å². The highest BCUT2D eigenvalue weighted by atomic mass is 32.2. The van der Waals surface area contributed by atoms with Gasteiger partial charge in [0, 0.05) is 17.7 Å². The van der Waals surface area contributed by atoms with Crippen LogP contribution in [0, 0.1) is 17.2 Å². The summed E-state index contributed by atoms with van der Waals surface area (Å²) in [4.78, 5) is 13.3. The Hall–Kier alpha value is -4.44. The minimum Gasteiger partial charge on any atom is -0.507 e. The van der Waals surface area contributed by atoms with Crippen LogP contribution in [0.2, 0.25) is 0 Å². The normalized spacial score (nSPS) is 14.1. The molecule has 10 nitrogen and oxygen atoms in total. The van der Waals surface area contributed by atoms with Crippen molar-refractivity contribution in [3.05, 3.63) is 117 Å². The standard InChI is InChI=1S/C31H29N3O7S2/c1-2-21-6-3-4-9-28(21)43(39,40)33-19-25-17-27(35)30(31(36)41-25)29(22-12-13-22)23-7-5-8-24(16-23)34-42(37,38)26-14-10-20(18-32)11-15-26/h3-11,14-17,22,29,33-35H,2,12-13,19H2,1H3. The van der Waals surface area contributed by atoms with E-state index in [1.54, 1.807) is 42.5 Å². The van der Waals surface area contributed by atoms with Crippen molar-refractivity contribution >= 4 is 25.7 Å². The number of aryl methyl sites for hydroxylation is 1. The molecule has 1 aliphatic carbocycles. The molecule has 0 spiro atoms. The first-order valence-corrected chi connectivity index (χ1v) is 16.6. The Kier molecular flexibility index (Phi) is 8.41. The van der Waals surface area contributed by atoms with Gasteiger partial charge in [0.1, 0.15) is 11.5 Å². The molecule has 1 unspecified atom stereocenters. The SMILES string of the molecule is CCc1ccccc1S(=O)(=O)NCc1cc(O)c(C(c2cccc(NS(=O)(=O)c3ccc(C#N)cc3)c2)C2CC2)c(=O)o1. The largest absolute Gasteiger partial charge is 0.507 e. The predicted molar refractivity (Wildman–Crippen MR) is 159 cm³/mol. The topological polar surface area (TPSA) is 167 Å². The van der Waals surface area contributed by atoms with Crippen LogP contribution in [-0.2, 0) is 33.0 Å². The fraction of sp³-hybridized carbons (Fsp3) is 0.226. The number of hydrogen-bond acceptors (Lipinski definition) is 8. The highest BCUT2D eigenvalue weighted by Crippen LogP contribution is 2.48. The summed E-state index contributed by atoms with van der Waals surface area (Å²) in [5.74, 6) is -0.936. The van der Waals surface area contributed by atoms with E-state index in [0.29, 0.717) is 23.1 Å². The Bertz CT molecular complexity index is 1980. The molecule has 3 N–H and O–H groups in total. The van der Waals surface area contributed by atoms with Crippen LogP contribution in [-0.4, -0.2) is 21.9 Å². The number of sulfonamides is 2. The third-order valence-corrected chi connectivity index (χ3v) is 10.2. The molecule has 4 aromatic rings. The molecule has 0 bridgehead atoms. The van der Waals surface area contributed by atoms with Crippen molar-refractivity contribution in [1.29, 1.82) is 5.26 Å². The summed E-state index contributed by atoms with van der Waals surface area (Å²) in [5, 5.41) is 20.0. The average Bonchev–Trinajstić information content (AvgIpc) is 3.83. The van der Waals surface area contributed by atoms with Crippen LogP contribution in [0.4, 0.5) is 5.69 Å². The zero-order chi connectivity index (χ0) is 30.8. The van der Waals surface area contributed by atoms with Crippen molar-refractivity contribution in [2.75, 3.05) is 4.72 Å². The fourth-order valence-electron chi connectivity index (χ4n) is 5.04. The molecule has 1 heterocycles. The second-order valence-electron chi connectivity index (χ2n) is 10.3. The lowest BCUT2D eigenvalue weighted by Gasteiger charge is -2.19. The maximum Gasteiger partial charge on any atom is 0.343 e. The molecule has 0 saturated heterocycles. The van der Waals surface area contributed by atoms with E-state index in [4.69, 9.17) is 9.68 Å². The summed E-state index contributed by atoms with van der Waals surface area (Å²) < 4.78 is 62.2. The van der Waals surface area contributed by atoms with Crippen molar-refractivity contribution in [3.8, 4) is 11.8 Å². The van der Waals surface area contributed by atoms with Crippen molar-refractivity contribution in [2.24, 2.45) is 5.92 Å². The summed E-state index contributed by atoms with van der Waals surface area (Å²) in [6.07, 6.45) is 2.11. The predicted octanol–water partition coefficient (Wildman–Crippen LogP) is 4.60. The van der Waals surface area contributed by atoms with Crippen LogP contribution in [0.15, 0.2) is 97.9 Å². The first kappa shape index (κ1) is 30.0. The van der Waals surface area contributed by atoms with E-state index in [2.05, 4.69) is 9.44 Å². The van der Waals surface area contributed by atoms with Crippen LogP contribution >= 0.6 is 0 Å². The van der Waals surface area contributed by atoms with Crippen molar-refractivity contribution in [1.82, 2.24) is 4.72 Å². The van der Waals surface area contributed by atoms with Crippen molar-refractivity contribution in [2.45, 2.75) is 48.4 Å². The number of rotatable bonds is 11. The fourth-order valence-corrected chi connectivity index (χ4v) is 7.39. The maximum atomic E-state index is 13.2. The number of nitrogens with one attached hydrogen (secondary N) is 2. The molecule has 43 heavy (non-hydrogen) atoms. The molecule has 0 aliphatic heterocycles. The third kappa shape index (κ3) is 6.64. The zero-order valence-corrected chi connectivity index (χ0v) is 24.8. The summed E-state index contributed by atoms with van der Waals surface area (Å²) in [6, 6.07) is 21.9. The lowest BCUT2D eigenvalue weighted by molar-refractivity contribution is 0.401. The number of nitriles is 1. The number of hydrogen-bond donors (Lipinski definition) is 3. The second kappa shape index (κ2) is 12.0. The monoisotopic (exact) mass is 619 g/mol. The molecular formula is C31H29N3O7S2. The molecule has 1 aliphatic rings. The molecule has 1 aromatic heterocycles. The van der Waals surface area contributed by atoms with Crippen LogP contribution in [0.25, 0.3) is 0 Å². The van der Waals surface area contributed by atoms with E-state index < -0.39 is 31.6 Å². The smallest absolute Gasteiger partial charge is 0.343 e. The van der Waals surface area contributed by atoms with E-state index in [1.165, 1.54) is 36.4 Å². The van der Waals surface area contributed by atoms with Gasteiger partial charge in [-0.3, -0.25) is 4.72 Å². The van der Waals surface area contributed by atoms with E-state index in [1.807, 2.05) is 13.0 Å². The first-order valence-electron chi connectivity index (χ1n) is 13.6. The minimum atomic E-state index is -3.96. The lowest BCUT2D eigenvalue weighted by Crippen LogP contribution is -2.25. The maximum absolute atomic E-state index is 13.2. The molecule has 1 fully saturated rings. The molecule has 12 heteroatoms. The van der Waals surface area contributed by atoms with Gasteiger partial charge in [0.15, 0.2) is 0 Å². The summed E-state index contributed by atoms with van der Waals surface area (Å²) in [6.45, 7) is 1.50. The molecular weight excluding hydrogens is 590 g/mol. The quantitative estimate of drug-likeness (QED) is 0.219. The van der Waals surface area contributed by atoms with Gasteiger partial charge in [0.2, 0.25) is 10.0 Å². The molecule has 5 rings (SSSR count). The average molecular weight is 620 g/mol. The van der Waals surface area contributed by atoms with Crippen LogP contribution in [0.5, 0.6) is 5.75 Å². The van der Waals surface area contributed by atoms with Gasteiger partial charge >= 0.3 is 5.63 Å². The highest BCUT2D eigenvalue weighted by Gasteiger charge is 2.37. The molecule has 1 saturated carbocycles. The van der Waals surface area contributed by atoms with Crippen LogP contribution < -0.4 is 15.1 Å². The van der Waals surface area contributed by atoms with Gasteiger partial charge < -0.3 is 9.52 Å². The second-order valence-corrected chi connectivity index (χ2v) is 13.7. The van der Waals surface area contributed by atoms with E-state index in [0.717, 1.165) is 12.8 Å². The van der Waals surface area contributed by atoms with Crippen molar-refractivity contribution < 1.29 is 26.4 Å². The van der Waals surface area contributed by atoms with E-state index in [9.17, 15) is 26.7 Å². The Morgan fingerprint density at radius 1 is 0.977 bits per heavy atom. The molecule has 222 valence electrons. The van der Waals surface area contributed by atoms with Gasteiger partial charge in [-0.25, -0.2) is 26.4 Å². The van der Waals surface area contributed by atoms with E-state index in [-0.39, 0.29) is 45.0 Å². The van der Waals surface area contributed by atoms with Gasteiger partial charge in [-0.2, -0.15) is 5.26 Å². The summed E-state index contributed by atoms with van der Waals surface area (Å²) in [5.41, 5.74) is 1.06. The van der Waals surface area contributed by atoms with Gasteiger partial charge in [-0.05, 0) is 78.8 Å². The van der Waals surface area contributed by atoms with Gasteiger partial charge in [0.05, 0.1) is 33.5 Å². The van der Waals surface area contributed by atoms with Gasteiger partial charge in [0.25, 0.3) is 10.0 Å². The number of nitrogens with zero attached hydrogens (tertiary/aromatic N) is 1. The molecule has 0 amide bonds. The first-order chi connectivity index (χ1) is 20.5. The Morgan fingerprint density at radius 3 is 2.35 bits per heavy atom. The summed E-state index contributed by atoms with van der Waals surface area (Å²) >= 11 is 0. The Labute approximate surface area is 249 Å². The summed E-state index contributed by atoms with van der Waals surface area (Å²) in [7, 11) is -7.87. The lowest BCUT2D eigenvalue weighted by atomic mass is 9.87. The number of anilines is 1.